The SMILES string of the molecule is CC(C(=O)Nc1ccc(C#N)c(Cl)c1)N(C)Cc1ccc2c(c1)OCCO2. The van der Waals surface area contributed by atoms with E-state index in [2.05, 4.69) is 5.32 Å². The van der Waals surface area contributed by atoms with Gasteiger partial charge in [0.1, 0.15) is 19.3 Å². The molecular formula is C20H20ClN3O3. The van der Waals surface area contributed by atoms with Crippen LogP contribution in [0.5, 0.6) is 11.5 Å². The van der Waals surface area contributed by atoms with Crippen LogP contribution in [0.1, 0.15) is 18.1 Å². The maximum Gasteiger partial charge on any atom is 0.241 e. The van der Waals surface area contributed by atoms with E-state index in [0.717, 1.165) is 17.1 Å². The summed E-state index contributed by atoms with van der Waals surface area (Å²) in [7, 11) is 1.88. The molecule has 0 aliphatic carbocycles. The van der Waals surface area contributed by atoms with Crippen LogP contribution in [0, 0.1) is 11.3 Å². The predicted octanol–water partition coefficient (Wildman–Crippen LogP) is 3.44. The smallest absolute Gasteiger partial charge is 0.241 e. The quantitative estimate of drug-likeness (QED) is 0.853. The van der Waals surface area contributed by atoms with E-state index in [1.165, 1.54) is 0 Å². The average molecular weight is 386 g/mol. The Balaban J connectivity index is 1.62. The summed E-state index contributed by atoms with van der Waals surface area (Å²) < 4.78 is 11.1. The summed E-state index contributed by atoms with van der Waals surface area (Å²) in [5.74, 6) is 1.32. The summed E-state index contributed by atoms with van der Waals surface area (Å²) >= 11 is 6.01. The van der Waals surface area contributed by atoms with Gasteiger partial charge in [-0.25, -0.2) is 0 Å². The van der Waals surface area contributed by atoms with E-state index >= 15 is 0 Å². The molecule has 1 atom stereocenters. The minimum atomic E-state index is -0.368. The number of nitriles is 1. The van der Waals surface area contributed by atoms with Crippen molar-refractivity contribution in [3.05, 3.63) is 52.5 Å². The van der Waals surface area contributed by atoms with E-state index in [0.29, 0.717) is 36.0 Å². The molecule has 0 fully saturated rings. The molecule has 27 heavy (non-hydrogen) atoms. The Morgan fingerprint density at radius 3 is 2.70 bits per heavy atom. The lowest BCUT2D eigenvalue weighted by Gasteiger charge is -2.25. The number of halogens is 1. The molecule has 1 amide bonds. The number of nitrogens with one attached hydrogen (secondary N) is 1. The van der Waals surface area contributed by atoms with Gasteiger partial charge in [0.2, 0.25) is 5.91 Å². The number of rotatable bonds is 5. The van der Waals surface area contributed by atoms with Gasteiger partial charge in [0.25, 0.3) is 0 Å². The fraction of sp³-hybridized carbons (Fsp3) is 0.300. The van der Waals surface area contributed by atoms with Crippen LogP contribution < -0.4 is 14.8 Å². The van der Waals surface area contributed by atoms with Crippen molar-refractivity contribution in [2.24, 2.45) is 0 Å². The summed E-state index contributed by atoms with van der Waals surface area (Å²) in [6.07, 6.45) is 0. The van der Waals surface area contributed by atoms with Crippen molar-refractivity contribution in [3.63, 3.8) is 0 Å². The van der Waals surface area contributed by atoms with Crippen LogP contribution >= 0.6 is 11.6 Å². The molecule has 2 aromatic carbocycles. The highest BCUT2D eigenvalue weighted by Crippen LogP contribution is 2.31. The van der Waals surface area contributed by atoms with Gasteiger partial charge >= 0.3 is 0 Å². The third-order valence-electron chi connectivity index (χ3n) is 4.44. The van der Waals surface area contributed by atoms with Gasteiger partial charge in [-0.05, 0) is 49.9 Å². The molecule has 7 heteroatoms. The highest BCUT2D eigenvalue weighted by molar-refractivity contribution is 6.32. The number of hydrogen-bond acceptors (Lipinski definition) is 5. The molecule has 1 heterocycles. The van der Waals surface area contributed by atoms with Crippen molar-refractivity contribution in [1.82, 2.24) is 4.90 Å². The predicted molar refractivity (Wildman–Crippen MR) is 103 cm³/mol. The van der Waals surface area contributed by atoms with E-state index in [9.17, 15) is 4.79 Å². The van der Waals surface area contributed by atoms with Crippen LogP contribution in [0.15, 0.2) is 36.4 Å². The topological polar surface area (TPSA) is 74.6 Å². The van der Waals surface area contributed by atoms with Gasteiger partial charge in [-0.1, -0.05) is 17.7 Å². The molecule has 1 aliphatic rings. The van der Waals surface area contributed by atoms with Crippen molar-refractivity contribution < 1.29 is 14.3 Å². The number of carbonyl (C=O) groups excluding carboxylic acids is 1. The summed E-state index contributed by atoms with van der Waals surface area (Å²) in [5.41, 5.74) is 1.96. The molecule has 0 bridgehead atoms. The van der Waals surface area contributed by atoms with Crippen molar-refractivity contribution in [1.29, 1.82) is 5.26 Å². The molecule has 3 rings (SSSR count). The first-order valence-corrected chi connectivity index (χ1v) is 8.95. The van der Waals surface area contributed by atoms with Gasteiger partial charge in [0.05, 0.1) is 16.6 Å². The maximum absolute atomic E-state index is 12.5. The van der Waals surface area contributed by atoms with E-state index in [-0.39, 0.29) is 11.9 Å². The lowest BCUT2D eigenvalue weighted by Crippen LogP contribution is -2.39. The van der Waals surface area contributed by atoms with Crippen LogP contribution in [-0.2, 0) is 11.3 Å². The summed E-state index contributed by atoms with van der Waals surface area (Å²) in [5, 5.41) is 12.1. The molecule has 0 radical (unpaired) electrons. The zero-order chi connectivity index (χ0) is 19.4. The third kappa shape index (κ3) is 4.51. The van der Waals surface area contributed by atoms with Crippen molar-refractivity contribution in [2.45, 2.75) is 19.5 Å². The van der Waals surface area contributed by atoms with Crippen molar-refractivity contribution in [3.8, 4) is 17.6 Å². The Hall–Kier alpha value is -2.75. The van der Waals surface area contributed by atoms with Gasteiger partial charge in [-0.15, -0.1) is 0 Å². The van der Waals surface area contributed by atoms with Crippen LogP contribution in [0.4, 0.5) is 5.69 Å². The minimum absolute atomic E-state index is 0.157. The fourth-order valence-electron chi connectivity index (χ4n) is 2.74. The Labute approximate surface area is 163 Å². The first-order valence-electron chi connectivity index (χ1n) is 8.57. The van der Waals surface area contributed by atoms with Gasteiger partial charge in [0.15, 0.2) is 11.5 Å². The van der Waals surface area contributed by atoms with Crippen molar-refractivity contribution >= 4 is 23.2 Å². The minimum Gasteiger partial charge on any atom is -0.486 e. The van der Waals surface area contributed by atoms with Crippen molar-refractivity contribution in [2.75, 3.05) is 25.6 Å². The first-order chi connectivity index (χ1) is 13.0. The summed E-state index contributed by atoms with van der Waals surface area (Å²) in [6.45, 7) is 3.51. The number of ether oxygens (including phenoxy) is 2. The molecular weight excluding hydrogens is 366 g/mol. The highest BCUT2D eigenvalue weighted by Gasteiger charge is 2.20. The summed E-state index contributed by atoms with van der Waals surface area (Å²) in [6, 6.07) is 12.2. The van der Waals surface area contributed by atoms with E-state index in [1.807, 2.05) is 43.1 Å². The number of likely N-dealkylation sites (N-methyl/N-ethyl adjacent to an activating group) is 1. The van der Waals surface area contributed by atoms with E-state index < -0.39 is 0 Å². The lowest BCUT2D eigenvalue weighted by atomic mass is 10.1. The van der Waals surface area contributed by atoms with Crippen LogP contribution in [-0.4, -0.2) is 37.1 Å². The number of nitrogens with zero attached hydrogens (tertiary/aromatic N) is 2. The third-order valence-corrected chi connectivity index (χ3v) is 4.75. The summed E-state index contributed by atoms with van der Waals surface area (Å²) in [4.78, 5) is 14.5. The molecule has 0 saturated carbocycles. The number of anilines is 1. The van der Waals surface area contributed by atoms with E-state index in [4.69, 9.17) is 26.3 Å². The number of fused-ring (bicyclic) bond motifs is 1. The fourth-order valence-corrected chi connectivity index (χ4v) is 2.96. The molecule has 2 aromatic rings. The molecule has 1 unspecified atom stereocenters. The van der Waals surface area contributed by atoms with E-state index in [1.54, 1.807) is 18.2 Å². The second-order valence-electron chi connectivity index (χ2n) is 6.36. The maximum atomic E-state index is 12.5. The largest absolute Gasteiger partial charge is 0.486 e. The normalized spacial score (nSPS) is 13.7. The first kappa shape index (κ1) is 19.0. The van der Waals surface area contributed by atoms with Crippen LogP contribution in [0.2, 0.25) is 5.02 Å². The average Bonchev–Trinajstić information content (AvgIpc) is 2.67. The Morgan fingerprint density at radius 1 is 1.26 bits per heavy atom. The van der Waals surface area contributed by atoms with Crippen LogP contribution in [0.25, 0.3) is 0 Å². The standard InChI is InChI=1S/C20H20ClN3O3/c1-13(20(25)23-16-5-4-15(11-22)17(21)10-16)24(2)12-14-3-6-18-19(9-14)27-8-7-26-18/h3-6,9-10,13H,7-8,12H2,1-2H3,(H,23,25). The highest BCUT2D eigenvalue weighted by atomic mass is 35.5. The zero-order valence-corrected chi connectivity index (χ0v) is 15.9. The Morgan fingerprint density at radius 2 is 2.00 bits per heavy atom. The Bertz CT molecular complexity index is 895. The van der Waals surface area contributed by atoms with Crippen LogP contribution in [0.3, 0.4) is 0 Å². The van der Waals surface area contributed by atoms with Gasteiger partial charge in [0, 0.05) is 12.2 Å². The molecule has 1 aliphatic heterocycles. The second kappa shape index (κ2) is 8.30. The number of carbonyl (C=O) groups is 1. The molecule has 0 spiro atoms. The molecule has 140 valence electrons. The Kier molecular flexibility index (Phi) is 5.84. The second-order valence-corrected chi connectivity index (χ2v) is 6.77. The van der Waals surface area contributed by atoms with Gasteiger partial charge in [-0.3, -0.25) is 9.69 Å². The molecule has 0 saturated heterocycles. The number of amides is 1. The molecule has 0 aromatic heterocycles. The number of hydrogen-bond donors (Lipinski definition) is 1. The zero-order valence-electron chi connectivity index (χ0n) is 15.2. The van der Waals surface area contributed by atoms with Gasteiger partial charge < -0.3 is 14.8 Å². The lowest BCUT2D eigenvalue weighted by molar-refractivity contribution is -0.120. The molecule has 1 N–H and O–H groups in total. The molecule has 6 nitrogen and oxygen atoms in total. The monoisotopic (exact) mass is 385 g/mol. The van der Waals surface area contributed by atoms with Gasteiger partial charge in [-0.2, -0.15) is 5.26 Å². The number of benzene rings is 2.